The second-order valence-electron chi connectivity index (χ2n) is 3.33. The smallest absolute Gasteiger partial charge is 0.280 e. The molecule has 0 aliphatic rings. The summed E-state index contributed by atoms with van der Waals surface area (Å²) in [4.78, 5) is 4.05. The molecule has 0 aliphatic carbocycles. The highest BCUT2D eigenvalue weighted by atomic mass is 32.1. The lowest BCUT2D eigenvalue weighted by atomic mass is 10.1. The fourth-order valence-electron chi connectivity index (χ4n) is 1.25. The number of rotatable bonds is 2. The van der Waals surface area contributed by atoms with Crippen molar-refractivity contribution >= 4 is 16.3 Å². The Balaban J connectivity index is 2.28. The van der Waals surface area contributed by atoms with Crippen LogP contribution in [0.2, 0.25) is 0 Å². The van der Waals surface area contributed by atoms with Gasteiger partial charge in [-0.1, -0.05) is 23.5 Å². The molecule has 1 heterocycles. The number of aryl methyl sites for hydroxylation is 1. The summed E-state index contributed by atoms with van der Waals surface area (Å²) in [6.07, 6.45) is 1.60. The Labute approximate surface area is 92.5 Å². The van der Waals surface area contributed by atoms with E-state index in [2.05, 4.69) is 18.0 Å². The fourth-order valence-corrected chi connectivity index (χ4v) is 1.79. The summed E-state index contributed by atoms with van der Waals surface area (Å²) >= 11 is 1.34. The monoisotopic (exact) mass is 220 g/mol. The van der Waals surface area contributed by atoms with Crippen molar-refractivity contribution in [2.24, 2.45) is 0 Å². The van der Waals surface area contributed by atoms with Crippen molar-refractivity contribution in [3.63, 3.8) is 0 Å². The first-order valence-corrected chi connectivity index (χ1v) is 5.44. The SMILES string of the molecule is Cc1cccc(Oc2ncc(N)s2)c1C. The number of nitrogens with two attached hydrogens (primary N) is 1. The molecule has 3 nitrogen and oxygen atoms in total. The lowest BCUT2D eigenvalue weighted by molar-refractivity contribution is 0.474. The first kappa shape index (κ1) is 9.98. The molecule has 78 valence electrons. The van der Waals surface area contributed by atoms with Crippen molar-refractivity contribution in [3.05, 3.63) is 35.5 Å². The molecule has 1 aromatic carbocycles. The highest BCUT2D eigenvalue weighted by Crippen LogP contribution is 2.30. The van der Waals surface area contributed by atoms with Gasteiger partial charge in [0.15, 0.2) is 0 Å². The lowest BCUT2D eigenvalue weighted by Gasteiger charge is -2.07. The average Bonchev–Trinajstić information content (AvgIpc) is 2.59. The largest absolute Gasteiger partial charge is 0.431 e. The van der Waals surface area contributed by atoms with E-state index < -0.39 is 0 Å². The molecule has 0 saturated heterocycles. The first-order chi connectivity index (χ1) is 7.16. The van der Waals surface area contributed by atoms with Crippen LogP contribution in [0.15, 0.2) is 24.4 Å². The maximum absolute atomic E-state index is 5.64. The zero-order valence-electron chi connectivity index (χ0n) is 8.65. The van der Waals surface area contributed by atoms with Crippen molar-refractivity contribution in [2.45, 2.75) is 13.8 Å². The normalized spacial score (nSPS) is 10.3. The number of benzene rings is 1. The quantitative estimate of drug-likeness (QED) is 0.845. The molecule has 0 aliphatic heterocycles. The van der Waals surface area contributed by atoms with E-state index in [9.17, 15) is 0 Å². The molecular formula is C11H12N2OS. The van der Waals surface area contributed by atoms with E-state index in [1.165, 1.54) is 16.9 Å². The molecule has 0 amide bonds. The second kappa shape index (κ2) is 3.90. The standard InChI is InChI=1S/C11H12N2OS/c1-7-4-3-5-9(8(7)2)14-11-13-6-10(12)15-11/h3-6H,12H2,1-2H3. The van der Waals surface area contributed by atoms with Crippen LogP contribution in [-0.4, -0.2) is 4.98 Å². The second-order valence-corrected chi connectivity index (χ2v) is 4.35. The van der Waals surface area contributed by atoms with Gasteiger partial charge >= 0.3 is 0 Å². The zero-order valence-corrected chi connectivity index (χ0v) is 9.47. The van der Waals surface area contributed by atoms with Crippen LogP contribution in [0.3, 0.4) is 0 Å². The van der Waals surface area contributed by atoms with E-state index in [0.29, 0.717) is 10.2 Å². The van der Waals surface area contributed by atoms with Gasteiger partial charge in [-0.25, -0.2) is 4.98 Å². The Morgan fingerprint density at radius 2 is 2.13 bits per heavy atom. The maximum Gasteiger partial charge on any atom is 0.280 e. The van der Waals surface area contributed by atoms with Crippen LogP contribution >= 0.6 is 11.3 Å². The molecule has 15 heavy (non-hydrogen) atoms. The van der Waals surface area contributed by atoms with Gasteiger partial charge in [-0.2, -0.15) is 0 Å². The van der Waals surface area contributed by atoms with Crippen LogP contribution in [0.25, 0.3) is 0 Å². The zero-order chi connectivity index (χ0) is 10.8. The minimum absolute atomic E-state index is 0.584. The van der Waals surface area contributed by atoms with Crippen LogP contribution in [0.4, 0.5) is 5.00 Å². The van der Waals surface area contributed by atoms with Gasteiger partial charge in [-0.3, -0.25) is 0 Å². The summed E-state index contributed by atoms with van der Waals surface area (Å²) in [6, 6.07) is 5.95. The number of hydrogen-bond donors (Lipinski definition) is 1. The Morgan fingerprint density at radius 3 is 2.80 bits per heavy atom. The summed E-state index contributed by atoms with van der Waals surface area (Å²) in [5, 5.41) is 1.25. The number of hydrogen-bond acceptors (Lipinski definition) is 4. The van der Waals surface area contributed by atoms with E-state index in [-0.39, 0.29) is 0 Å². The van der Waals surface area contributed by atoms with Gasteiger partial charge in [0.25, 0.3) is 5.19 Å². The lowest BCUT2D eigenvalue weighted by Crippen LogP contribution is -1.88. The van der Waals surface area contributed by atoms with Gasteiger partial charge in [-0.05, 0) is 31.0 Å². The van der Waals surface area contributed by atoms with Crippen molar-refractivity contribution in [1.29, 1.82) is 0 Å². The highest BCUT2D eigenvalue weighted by Gasteiger charge is 2.05. The van der Waals surface area contributed by atoms with Gasteiger partial charge in [0.05, 0.1) is 6.20 Å². The van der Waals surface area contributed by atoms with Crippen LogP contribution in [0, 0.1) is 13.8 Å². The van der Waals surface area contributed by atoms with Crippen LogP contribution in [-0.2, 0) is 0 Å². The van der Waals surface area contributed by atoms with Gasteiger partial charge in [0, 0.05) is 0 Å². The van der Waals surface area contributed by atoms with Gasteiger partial charge < -0.3 is 10.5 Å². The van der Waals surface area contributed by atoms with Gasteiger partial charge in [0.2, 0.25) is 0 Å². The molecule has 2 rings (SSSR count). The van der Waals surface area contributed by atoms with Gasteiger partial charge in [-0.15, -0.1) is 0 Å². The Bertz CT molecular complexity index is 479. The molecule has 2 N–H and O–H groups in total. The molecule has 1 aromatic heterocycles. The van der Waals surface area contributed by atoms with E-state index in [4.69, 9.17) is 10.5 Å². The maximum atomic E-state index is 5.64. The Kier molecular flexibility index (Phi) is 2.60. The number of nitrogens with zero attached hydrogens (tertiary/aromatic N) is 1. The van der Waals surface area contributed by atoms with Gasteiger partial charge in [0.1, 0.15) is 10.8 Å². The average molecular weight is 220 g/mol. The van der Waals surface area contributed by atoms with E-state index in [1.807, 2.05) is 19.1 Å². The molecule has 0 radical (unpaired) electrons. The third-order valence-electron chi connectivity index (χ3n) is 2.25. The van der Waals surface area contributed by atoms with Crippen molar-refractivity contribution < 1.29 is 4.74 Å². The Hall–Kier alpha value is -1.55. The molecule has 0 bridgehead atoms. The minimum Gasteiger partial charge on any atom is -0.431 e. The topological polar surface area (TPSA) is 48.1 Å². The summed E-state index contributed by atoms with van der Waals surface area (Å²) in [7, 11) is 0. The van der Waals surface area contributed by atoms with Crippen LogP contribution < -0.4 is 10.5 Å². The van der Waals surface area contributed by atoms with Crippen LogP contribution in [0.1, 0.15) is 11.1 Å². The summed E-state index contributed by atoms with van der Waals surface area (Å²) in [6.45, 7) is 4.08. The minimum atomic E-state index is 0.584. The number of nitrogen functional groups attached to an aromatic ring is 1. The third-order valence-corrected chi connectivity index (χ3v) is 2.96. The van der Waals surface area contributed by atoms with Crippen molar-refractivity contribution in [1.82, 2.24) is 4.98 Å². The number of anilines is 1. The van der Waals surface area contributed by atoms with Crippen molar-refractivity contribution in [2.75, 3.05) is 5.73 Å². The predicted octanol–water partition coefficient (Wildman–Crippen LogP) is 3.13. The molecule has 2 aromatic rings. The molecule has 0 unspecified atom stereocenters. The summed E-state index contributed by atoms with van der Waals surface area (Å²) in [5.41, 5.74) is 7.91. The summed E-state index contributed by atoms with van der Waals surface area (Å²) in [5.74, 6) is 0.837. The highest BCUT2D eigenvalue weighted by molar-refractivity contribution is 7.17. The molecule has 0 fully saturated rings. The van der Waals surface area contributed by atoms with E-state index >= 15 is 0 Å². The predicted molar refractivity (Wildman–Crippen MR) is 62.5 cm³/mol. The molecule has 0 spiro atoms. The number of thiazole rings is 1. The fraction of sp³-hybridized carbons (Fsp3) is 0.182. The molecule has 4 heteroatoms. The third kappa shape index (κ3) is 2.10. The van der Waals surface area contributed by atoms with E-state index in [1.54, 1.807) is 6.20 Å². The Morgan fingerprint density at radius 1 is 1.33 bits per heavy atom. The summed E-state index contributed by atoms with van der Waals surface area (Å²) < 4.78 is 5.64. The first-order valence-electron chi connectivity index (χ1n) is 4.62. The number of ether oxygens (including phenoxy) is 1. The number of aromatic nitrogens is 1. The van der Waals surface area contributed by atoms with Crippen molar-refractivity contribution in [3.8, 4) is 10.9 Å². The van der Waals surface area contributed by atoms with E-state index in [0.717, 1.165) is 11.3 Å². The molecule has 0 saturated carbocycles. The molecule has 0 atom stereocenters. The van der Waals surface area contributed by atoms with Crippen LogP contribution in [0.5, 0.6) is 10.9 Å². The molecular weight excluding hydrogens is 208 g/mol.